The third-order valence-corrected chi connectivity index (χ3v) is 4.56. The van der Waals surface area contributed by atoms with E-state index in [1.165, 1.54) is 0 Å². The van der Waals surface area contributed by atoms with E-state index in [4.69, 9.17) is 27.9 Å². The van der Waals surface area contributed by atoms with Crippen LogP contribution in [0.2, 0.25) is 10.0 Å². The number of alkyl halides is 1. The lowest BCUT2D eigenvalue weighted by Gasteiger charge is -2.15. The largest absolute Gasteiger partial charge is 0.491 e. The van der Waals surface area contributed by atoms with Crippen molar-refractivity contribution < 1.29 is 4.74 Å². The third-order valence-electron chi connectivity index (χ3n) is 2.76. The summed E-state index contributed by atoms with van der Waals surface area (Å²) in [6.45, 7) is 4.02. The molecule has 0 N–H and O–H groups in total. The summed E-state index contributed by atoms with van der Waals surface area (Å²) in [5.41, 5.74) is 2.17. The van der Waals surface area contributed by atoms with Gasteiger partial charge >= 0.3 is 0 Å². The van der Waals surface area contributed by atoms with Crippen molar-refractivity contribution in [2.75, 3.05) is 0 Å². The Balaban J connectivity index is 2.28. The van der Waals surface area contributed by atoms with Crippen molar-refractivity contribution in [3.05, 3.63) is 63.6 Å². The summed E-state index contributed by atoms with van der Waals surface area (Å²) in [6.07, 6.45) is 0.156. The second-order valence-corrected chi connectivity index (χ2v) is 6.51. The quantitative estimate of drug-likeness (QED) is 0.574. The van der Waals surface area contributed by atoms with E-state index in [0.717, 1.165) is 16.9 Å². The molecule has 0 heterocycles. The van der Waals surface area contributed by atoms with Gasteiger partial charge in [0.05, 0.1) is 21.0 Å². The molecule has 0 aliphatic heterocycles. The summed E-state index contributed by atoms with van der Waals surface area (Å²) >= 11 is 15.7. The molecule has 2 aromatic carbocycles. The van der Waals surface area contributed by atoms with E-state index in [2.05, 4.69) is 22.0 Å². The molecule has 0 saturated heterocycles. The average Bonchev–Trinajstić information content (AvgIpc) is 2.40. The van der Waals surface area contributed by atoms with Gasteiger partial charge in [-0.1, -0.05) is 57.3 Å². The summed E-state index contributed by atoms with van der Waals surface area (Å²) in [5.74, 6) is 0.863. The molecule has 0 spiro atoms. The predicted octanol–water partition coefficient (Wildman–Crippen LogP) is 6.26. The van der Waals surface area contributed by atoms with Gasteiger partial charge in [0.15, 0.2) is 0 Å². The smallest absolute Gasteiger partial charge is 0.120 e. The maximum atomic E-state index is 6.07. The Labute approximate surface area is 138 Å². The van der Waals surface area contributed by atoms with Crippen LogP contribution in [0.3, 0.4) is 0 Å². The van der Waals surface area contributed by atoms with Crippen LogP contribution in [0.15, 0.2) is 42.5 Å². The lowest BCUT2D eigenvalue weighted by molar-refractivity contribution is 0.242. The first kappa shape index (κ1) is 15.7. The predicted molar refractivity (Wildman–Crippen MR) is 89.4 cm³/mol. The molecule has 0 aromatic heterocycles. The van der Waals surface area contributed by atoms with E-state index < -0.39 is 0 Å². The van der Waals surface area contributed by atoms with Gasteiger partial charge in [-0.3, -0.25) is 0 Å². The van der Waals surface area contributed by atoms with Crippen LogP contribution in [0.5, 0.6) is 5.75 Å². The van der Waals surface area contributed by atoms with Gasteiger partial charge in [-0.15, -0.1) is 0 Å². The zero-order valence-electron chi connectivity index (χ0n) is 11.2. The maximum absolute atomic E-state index is 6.07. The molecule has 20 heavy (non-hydrogen) atoms. The van der Waals surface area contributed by atoms with Gasteiger partial charge in [0.2, 0.25) is 0 Å². The molecule has 0 radical (unpaired) electrons. The number of ether oxygens (including phenoxy) is 1. The highest BCUT2D eigenvalue weighted by Crippen LogP contribution is 2.35. The van der Waals surface area contributed by atoms with Crippen molar-refractivity contribution in [1.82, 2.24) is 0 Å². The van der Waals surface area contributed by atoms with E-state index >= 15 is 0 Å². The minimum Gasteiger partial charge on any atom is -0.491 e. The first-order valence-corrected chi connectivity index (χ1v) is 8.00. The van der Waals surface area contributed by atoms with Crippen LogP contribution in [-0.2, 0) is 0 Å². The fourth-order valence-corrected chi connectivity index (χ4v) is 2.76. The van der Waals surface area contributed by atoms with Crippen LogP contribution < -0.4 is 4.74 Å². The minimum absolute atomic E-state index is 0.0491. The van der Waals surface area contributed by atoms with Crippen molar-refractivity contribution in [2.24, 2.45) is 0 Å². The Hall–Kier alpha value is -0.700. The normalized spacial score (nSPS) is 12.5. The number of rotatable bonds is 4. The highest BCUT2D eigenvalue weighted by molar-refractivity contribution is 9.09. The van der Waals surface area contributed by atoms with Crippen LogP contribution in [0.25, 0.3) is 0 Å². The summed E-state index contributed by atoms with van der Waals surface area (Å²) < 4.78 is 5.72. The molecule has 0 fully saturated rings. The van der Waals surface area contributed by atoms with E-state index in [1.54, 1.807) is 0 Å². The fraction of sp³-hybridized carbons (Fsp3) is 0.250. The second-order valence-electron chi connectivity index (χ2n) is 4.78. The lowest BCUT2D eigenvalue weighted by Crippen LogP contribution is -2.05. The van der Waals surface area contributed by atoms with Gasteiger partial charge < -0.3 is 4.74 Å². The highest BCUT2D eigenvalue weighted by Gasteiger charge is 2.13. The first-order valence-electron chi connectivity index (χ1n) is 6.33. The number of hydrogen-bond donors (Lipinski definition) is 0. The van der Waals surface area contributed by atoms with Crippen LogP contribution >= 0.6 is 39.1 Å². The molecular formula is C16H15BrCl2O. The molecule has 1 nitrogen and oxygen atoms in total. The van der Waals surface area contributed by atoms with Crippen molar-refractivity contribution in [1.29, 1.82) is 0 Å². The lowest BCUT2D eigenvalue weighted by atomic mass is 10.0. The molecule has 0 aliphatic carbocycles. The SMILES string of the molecule is CC(C)Oc1cccc(C(Br)c2ccc(Cl)c(Cl)c2)c1. The molecule has 0 saturated carbocycles. The van der Waals surface area contributed by atoms with Gasteiger partial charge in [0.1, 0.15) is 5.75 Å². The average molecular weight is 374 g/mol. The monoisotopic (exact) mass is 372 g/mol. The van der Waals surface area contributed by atoms with E-state index in [1.807, 2.05) is 50.2 Å². The standard InChI is InChI=1S/C16H15BrCl2O/c1-10(2)20-13-5-3-4-11(8-13)16(17)12-6-7-14(18)15(19)9-12/h3-10,16H,1-2H3. The van der Waals surface area contributed by atoms with Crippen molar-refractivity contribution in [3.8, 4) is 5.75 Å². The van der Waals surface area contributed by atoms with E-state index in [0.29, 0.717) is 10.0 Å². The molecule has 0 bridgehead atoms. The van der Waals surface area contributed by atoms with Gasteiger partial charge in [0, 0.05) is 0 Å². The molecule has 2 rings (SSSR count). The Morgan fingerprint density at radius 1 is 0.950 bits per heavy atom. The fourth-order valence-electron chi connectivity index (χ4n) is 1.88. The van der Waals surface area contributed by atoms with Crippen LogP contribution in [0.1, 0.15) is 29.8 Å². The van der Waals surface area contributed by atoms with Gasteiger partial charge in [0.25, 0.3) is 0 Å². The van der Waals surface area contributed by atoms with Crippen LogP contribution in [-0.4, -0.2) is 6.10 Å². The zero-order valence-corrected chi connectivity index (χ0v) is 14.3. The molecule has 1 atom stereocenters. The van der Waals surface area contributed by atoms with Gasteiger partial charge in [-0.2, -0.15) is 0 Å². The molecule has 1 unspecified atom stereocenters. The minimum atomic E-state index is 0.0491. The molecule has 0 aliphatic rings. The summed E-state index contributed by atoms with van der Waals surface area (Å²) in [5, 5.41) is 1.12. The summed E-state index contributed by atoms with van der Waals surface area (Å²) in [4.78, 5) is 0.0491. The highest BCUT2D eigenvalue weighted by atomic mass is 79.9. The van der Waals surface area contributed by atoms with Gasteiger partial charge in [-0.25, -0.2) is 0 Å². The van der Waals surface area contributed by atoms with Gasteiger partial charge in [-0.05, 0) is 49.2 Å². The maximum Gasteiger partial charge on any atom is 0.120 e. The molecule has 4 heteroatoms. The topological polar surface area (TPSA) is 9.23 Å². The molecular weight excluding hydrogens is 359 g/mol. The number of hydrogen-bond acceptors (Lipinski definition) is 1. The summed E-state index contributed by atoms with van der Waals surface area (Å²) in [7, 11) is 0. The molecule has 0 amide bonds. The van der Waals surface area contributed by atoms with Crippen LogP contribution in [0.4, 0.5) is 0 Å². The Kier molecular flexibility index (Phi) is 5.36. The van der Waals surface area contributed by atoms with Crippen LogP contribution in [0, 0.1) is 0 Å². The van der Waals surface area contributed by atoms with Crippen molar-refractivity contribution in [2.45, 2.75) is 24.8 Å². The van der Waals surface area contributed by atoms with Crippen molar-refractivity contribution >= 4 is 39.1 Å². The molecule has 2 aromatic rings. The second kappa shape index (κ2) is 6.84. The third kappa shape index (κ3) is 3.91. The van der Waals surface area contributed by atoms with E-state index in [-0.39, 0.29) is 10.9 Å². The van der Waals surface area contributed by atoms with E-state index in [9.17, 15) is 0 Å². The Morgan fingerprint density at radius 3 is 2.30 bits per heavy atom. The first-order chi connectivity index (χ1) is 9.47. The number of benzene rings is 2. The molecule has 106 valence electrons. The number of halogens is 3. The van der Waals surface area contributed by atoms with Crippen molar-refractivity contribution in [3.63, 3.8) is 0 Å². The zero-order chi connectivity index (χ0) is 14.7. The Bertz CT molecular complexity index is 599. The summed E-state index contributed by atoms with van der Waals surface area (Å²) in [6, 6.07) is 13.7. The Morgan fingerprint density at radius 2 is 1.65 bits per heavy atom.